The van der Waals surface area contributed by atoms with E-state index < -0.39 is 0 Å². The van der Waals surface area contributed by atoms with Crippen LogP contribution in [0.2, 0.25) is 10.0 Å². The van der Waals surface area contributed by atoms with Gasteiger partial charge in [0.2, 0.25) is 0 Å². The molecular formula is C16H16Cl2N2O. The molecule has 0 aliphatic heterocycles. The lowest BCUT2D eigenvalue weighted by Gasteiger charge is -2.14. The third kappa shape index (κ3) is 4.10. The van der Waals surface area contributed by atoms with E-state index in [-0.39, 0.29) is 0 Å². The summed E-state index contributed by atoms with van der Waals surface area (Å²) >= 11 is 12.4. The van der Waals surface area contributed by atoms with Crippen LogP contribution < -0.4 is 10.1 Å². The van der Waals surface area contributed by atoms with Crippen LogP contribution in [0.25, 0.3) is 0 Å². The van der Waals surface area contributed by atoms with Gasteiger partial charge in [-0.1, -0.05) is 29.3 Å². The van der Waals surface area contributed by atoms with Crippen molar-refractivity contribution in [3.63, 3.8) is 0 Å². The van der Waals surface area contributed by atoms with Gasteiger partial charge < -0.3 is 10.1 Å². The van der Waals surface area contributed by atoms with Gasteiger partial charge in [-0.25, -0.2) is 0 Å². The van der Waals surface area contributed by atoms with E-state index in [1.807, 2.05) is 18.2 Å². The maximum atomic E-state index is 6.28. The van der Waals surface area contributed by atoms with Crippen molar-refractivity contribution in [1.82, 2.24) is 10.3 Å². The minimum atomic E-state index is 0.436. The third-order valence-corrected chi connectivity index (χ3v) is 3.85. The number of hydrogen-bond donors (Lipinski definition) is 1. The van der Waals surface area contributed by atoms with Crippen LogP contribution in [0, 0.1) is 0 Å². The first kappa shape index (κ1) is 14.6. The molecule has 0 atom stereocenters. The van der Waals surface area contributed by atoms with Crippen LogP contribution in [0.5, 0.6) is 5.75 Å². The summed E-state index contributed by atoms with van der Waals surface area (Å²) in [6.07, 6.45) is 6.00. The highest BCUT2D eigenvalue weighted by molar-refractivity contribution is 6.35. The standard InChI is InChI=1S/C16H16Cl2N2O/c17-13-6-12(9-20-14-3-4-14)16(15(18)7-13)21-10-11-2-1-5-19-8-11/h1-2,5-8,14,20H,3-4,9-10H2. The van der Waals surface area contributed by atoms with E-state index in [0.717, 1.165) is 11.1 Å². The number of nitrogens with zero attached hydrogens (tertiary/aromatic N) is 1. The molecule has 110 valence electrons. The van der Waals surface area contributed by atoms with Gasteiger partial charge in [0.05, 0.1) is 5.02 Å². The highest BCUT2D eigenvalue weighted by Gasteiger charge is 2.21. The molecule has 0 spiro atoms. The molecule has 1 N–H and O–H groups in total. The van der Waals surface area contributed by atoms with Gasteiger partial charge in [-0.3, -0.25) is 4.98 Å². The largest absolute Gasteiger partial charge is 0.487 e. The minimum Gasteiger partial charge on any atom is -0.487 e. The fourth-order valence-electron chi connectivity index (χ4n) is 2.09. The first-order valence-corrected chi connectivity index (χ1v) is 7.71. The predicted molar refractivity (Wildman–Crippen MR) is 84.9 cm³/mol. The molecule has 2 aromatic rings. The molecule has 5 heteroatoms. The molecule has 1 aliphatic rings. The summed E-state index contributed by atoms with van der Waals surface area (Å²) in [5, 5.41) is 4.62. The molecule has 0 bridgehead atoms. The van der Waals surface area contributed by atoms with Crippen molar-refractivity contribution < 1.29 is 4.74 Å². The van der Waals surface area contributed by atoms with Crippen LogP contribution in [0.4, 0.5) is 0 Å². The summed E-state index contributed by atoms with van der Waals surface area (Å²) < 4.78 is 5.89. The Kier molecular flexibility index (Phi) is 4.63. The lowest BCUT2D eigenvalue weighted by molar-refractivity contribution is 0.302. The van der Waals surface area contributed by atoms with E-state index in [1.54, 1.807) is 18.5 Å². The average Bonchev–Trinajstić information content (AvgIpc) is 3.29. The number of pyridine rings is 1. The lowest BCUT2D eigenvalue weighted by atomic mass is 10.2. The summed E-state index contributed by atoms with van der Waals surface area (Å²) in [5.74, 6) is 0.693. The van der Waals surface area contributed by atoms with Crippen LogP contribution in [0.15, 0.2) is 36.7 Å². The second-order valence-electron chi connectivity index (χ2n) is 5.18. The second kappa shape index (κ2) is 6.65. The Hall–Kier alpha value is -1.29. The van der Waals surface area contributed by atoms with Crippen molar-refractivity contribution >= 4 is 23.2 Å². The van der Waals surface area contributed by atoms with Gasteiger partial charge in [-0.05, 0) is 31.0 Å². The Balaban J connectivity index is 1.74. The van der Waals surface area contributed by atoms with E-state index in [0.29, 0.717) is 35.0 Å². The maximum Gasteiger partial charge on any atom is 0.142 e. The SMILES string of the molecule is Clc1cc(Cl)c(OCc2cccnc2)c(CNC2CC2)c1. The van der Waals surface area contributed by atoms with Crippen LogP contribution >= 0.6 is 23.2 Å². The summed E-state index contributed by atoms with van der Waals surface area (Å²) in [4.78, 5) is 4.08. The molecule has 0 amide bonds. The first-order chi connectivity index (χ1) is 10.2. The Morgan fingerprint density at radius 3 is 2.86 bits per heavy atom. The van der Waals surface area contributed by atoms with E-state index >= 15 is 0 Å². The summed E-state index contributed by atoms with van der Waals surface area (Å²) in [6.45, 7) is 1.15. The summed E-state index contributed by atoms with van der Waals surface area (Å²) in [7, 11) is 0. The normalized spacial score (nSPS) is 14.2. The van der Waals surface area contributed by atoms with Crippen LogP contribution in [-0.4, -0.2) is 11.0 Å². The topological polar surface area (TPSA) is 34.1 Å². The van der Waals surface area contributed by atoms with Crippen LogP contribution in [0.3, 0.4) is 0 Å². The molecule has 0 radical (unpaired) electrons. The zero-order chi connectivity index (χ0) is 14.7. The zero-order valence-electron chi connectivity index (χ0n) is 11.5. The van der Waals surface area contributed by atoms with Gasteiger partial charge in [-0.2, -0.15) is 0 Å². The molecule has 1 fully saturated rings. The number of halogens is 2. The van der Waals surface area contributed by atoms with Gasteiger partial charge in [0, 0.05) is 41.1 Å². The predicted octanol–water partition coefficient (Wildman–Crippen LogP) is 4.22. The first-order valence-electron chi connectivity index (χ1n) is 6.95. The van der Waals surface area contributed by atoms with Gasteiger partial charge in [-0.15, -0.1) is 0 Å². The van der Waals surface area contributed by atoms with E-state index in [1.165, 1.54) is 12.8 Å². The van der Waals surface area contributed by atoms with Crippen molar-refractivity contribution in [3.8, 4) is 5.75 Å². The van der Waals surface area contributed by atoms with Crippen molar-refractivity contribution in [1.29, 1.82) is 0 Å². The Morgan fingerprint density at radius 2 is 2.14 bits per heavy atom. The number of benzene rings is 1. The fraction of sp³-hybridized carbons (Fsp3) is 0.312. The summed E-state index contributed by atoms with van der Waals surface area (Å²) in [5.41, 5.74) is 1.99. The van der Waals surface area contributed by atoms with Crippen LogP contribution in [0.1, 0.15) is 24.0 Å². The van der Waals surface area contributed by atoms with E-state index in [4.69, 9.17) is 27.9 Å². The quantitative estimate of drug-likeness (QED) is 0.864. The molecule has 1 heterocycles. The van der Waals surface area contributed by atoms with Gasteiger partial charge >= 0.3 is 0 Å². The summed E-state index contributed by atoms with van der Waals surface area (Å²) in [6, 6.07) is 8.09. The highest BCUT2D eigenvalue weighted by Crippen LogP contribution is 2.33. The lowest BCUT2D eigenvalue weighted by Crippen LogP contribution is -2.16. The molecule has 21 heavy (non-hydrogen) atoms. The molecular weight excluding hydrogens is 307 g/mol. The molecule has 3 nitrogen and oxygen atoms in total. The van der Waals surface area contributed by atoms with Gasteiger partial charge in [0.1, 0.15) is 12.4 Å². The minimum absolute atomic E-state index is 0.436. The van der Waals surface area contributed by atoms with E-state index in [9.17, 15) is 0 Å². The van der Waals surface area contributed by atoms with Crippen LogP contribution in [-0.2, 0) is 13.2 Å². The molecule has 0 saturated heterocycles. The molecule has 0 unspecified atom stereocenters. The zero-order valence-corrected chi connectivity index (χ0v) is 13.0. The van der Waals surface area contributed by atoms with Gasteiger partial charge in [0.15, 0.2) is 0 Å². The average molecular weight is 323 g/mol. The Morgan fingerprint density at radius 1 is 1.29 bits per heavy atom. The van der Waals surface area contributed by atoms with Crippen molar-refractivity contribution in [2.24, 2.45) is 0 Å². The molecule has 1 aliphatic carbocycles. The smallest absolute Gasteiger partial charge is 0.142 e. The molecule has 1 aromatic carbocycles. The number of ether oxygens (including phenoxy) is 1. The molecule has 1 saturated carbocycles. The Labute approximate surface area is 134 Å². The van der Waals surface area contributed by atoms with Crippen molar-refractivity contribution in [2.75, 3.05) is 0 Å². The van der Waals surface area contributed by atoms with Crippen molar-refractivity contribution in [3.05, 3.63) is 57.8 Å². The Bertz CT molecular complexity index is 615. The van der Waals surface area contributed by atoms with Gasteiger partial charge in [0.25, 0.3) is 0 Å². The number of hydrogen-bond acceptors (Lipinski definition) is 3. The molecule has 1 aromatic heterocycles. The van der Waals surface area contributed by atoms with E-state index in [2.05, 4.69) is 10.3 Å². The highest BCUT2D eigenvalue weighted by atomic mass is 35.5. The number of aromatic nitrogens is 1. The monoisotopic (exact) mass is 322 g/mol. The maximum absolute atomic E-state index is 6.28. The van der Waals surface area contributed by atoms with Crippen molar-refractivity contribution in [2.45, 2.75) is 32.0 Å². The number of rotatable bonds is 6. The second-order valence-corrected chi connectivity index (χ2v) is 6.02. The number of nitrogens with one attached hydrogen (secondary N) is 1. The third-order valence-electron chi connectivity index (χ3n) is 3.35. The fourth-order valence-corrected chi connectivity index (χ4v) is 2.68. The molecule has 3 rings (SSSR count).